The second kappa shape index (κ2) is 6.25. The first-order valence-corrected chi connectivity index (χ1v) is 7.78. The van der Waals surface area contributed by atoms with Crippen LogP contribution in [-0.4, -0.2) is 25.4 Å². The van der Waals surface area contributed by atoms with E-state index in [4.69, 9.17) is 4.42 Å². The molecule has 0 aliphatic rings. The van der Waals surface area contributed by atoms with Crippen LogP contribution in [0.3, 0.4) is 0 Å². The fraction of sp³-hybridized carbons (Fsp3) is 0.0556. The van der Waals surface area contributed by atoms with Crippen LogP contribution in [0.4, 0.5) is 5.69 Å². The SMILES string of the molecule is Cc1nccn1-c1ncc(NC(=O)c2cc(=O)c3ccccc3o2)cn1. The highest BCUT2D eigenvalue weighted by atomic mass is 16.3. The highest BCUT2D eigenvalue weighted by Gasteiger charge is 2.13. The van der Waals surface area contributed by atoms with Crippen LogP contribution < -0.4 is 10.7 Å². The highest BCUT2D eigenvalue weighted by Crippen LogP contribution is 2.14. The Bertz CT molecular complexity index is 1160. The van der Waals surface area contributed by atoms with Gasteiger partial charge in [0.05, 0.1) is 23.5 Å². The van der Waals surface area contributed by atoms with Crippen LogP contribution in [0.5, 0.6) is 0 Å². The molecule has 0 saturated carbocycles. The molecule has 1 aromatic carbocycles. The van der Waals surface area contributed by atoms with Gasteiger partial charge in [0.25, 0.3) is 5.91 Å². The molecule has 0 aliphatic carbocycles. The van der Waals surface area contributed by atoms with Crippen molar-refractivity contribution in [3.8, 4) is 5.95 Å². The van der Waals surface area contributed by atoms with Crippen LogP contribution in [0.15, 0.2) is 64.3 Å². The second-order valence-electron chi connectivity index (χ2n) is 5.54. The maximum absolute atomic E-state index is 12.4. The van der Waals surface area contributed by atoms with Gasteiger partial charge in [-0.25, -0.2) is 15.0 Å². The number of aromatic nitrogens is 4. The van der Waals surface area contributed by atoms with Crippen LogP contribution in [-0.2, 0) is 0 Å². The molecular weight excluding hydrogens is 334 g/mol. The fourth-order valence-corrected chi connectivity index (χ4v) is 2.51. The Morgan fingerprint density at radius 3 is 2.65 bits per heavy atom. The molecular formula is C18H13N5O3. The summed E-state index contributed by atoms with van der Waals surface area (Å²) in [5.41, 5.74) is 0.457. The van der Waals surface area contributed by atoms with Crippen molar-refractivity contribution in [2.45, 2.75) is 6.92 Å². The zero-order valence-corrected chi connectivity index (χ0v) is 13.7. The van der Waals surface area contributed by atoms with E-state index in [1.54, 1.807) is 41.2 Å². The Hall–Kier alpha value is -3.81. The van der Waals surface area contributed by atoms with Crippen molar-refractivity contribution < 1.29 is 9.21 Å². The number of hydrogen-bond acceptors (Lipinski definition) is 6. The number of carbonyl (C=O) groups excluding carboxylic acids is 1. The molecule has 0 saturated heterocycles. The quantitative estimate of drug-likeness (QED) is 0.610. The predicted molar refractivity (Wildman–Crippen MR) is 94.3 cm³/mol. The lowest BCUT2D eigenvalue weighted by molar-refractivity contribution is 0.0997. The number of rotatable bonds is 3. The molecule has 0 bridgehead atoms. The predicted octanol–water partition coefficient (Wildman–Crippen LogP) is 2.33. The zero-order chi connectivity index (χ0) is 18.1. The van der Waals surface area contributed by atoms with Crippen LogP contribution in [0.2, 0.25) is 0 Å². The summed E-state index contributed by atoms with van der Waals surface area (Å²) in [5, 5.41) is 3.04. The Labute approximate surface area is 147 Å². The van der Waals surface area contributed by atoms with Crippen molar-refractivity contribution in [1.29, 1.82) is 0 Å². The summed E-state index contributed by atoms with van der Waals surface area (Å²) < 4.78 is 7.23. The van der Waals surface area contributed by atoms with E-state index in [0.717, 1.165) is 5.82 Å². The van der Waals surface area contributed by atoms with Crippen molar-refractivity contribution in [3.63, 3.8) is 0 Å². The lowest BCUT2D eigenvalue weighted by atomic mass is 10.2. The minimum atomic E-state index is -0.553. The van der Waals surface area contributed by atoms with Crippen molar-refractivity contribution in [3.05, 3.63) is 76.9 Å². The van der Waals surface area contributed by atoms with Gasteiger partial charge in [-0.2, -0.15) is 0 Å². The molecule has 0 unspecified atom stereocenters. The zero-order valence-electron chi connectivity index (χ0n) is 13.7. The summed E-state index contributed by atoms with van der Waals surface area (Å²) in [6.07, 6.45) is 6.33. The van der Waals surface area contributed by atoms with Gasteiger partial charge in [0.2, 0.25) is 5.95 Å². The number of hydrogen-bond donors (Lipinski definition) is 1. The fourth-order valence-electron chi connectivity index (χ4n) is 2.51. The summed E-state index contributed by atoms with van der Waals surface area (Å²) >= 11 is 0. The van der Waals surface area contributed by atoms with E-state index in [1.807, 2.05) is 6.92 Å². The summed E-state index contributed by atoms with van der Waals surface area (Å²) in [6.45, 7) is 1.83. The molecule has 0 radical (unpaired) electrons. The first-order chi connectivity index (χ1) is 12.6. The monoisotopic (exact) mass is 347 g/mol. The molecule has 4 rings (SSSR count). The lowest BCUT2D eigenvalue weighted by Gasteiger charge is -2.06. The molecule has 0 atom stereocenters. The van der Waals surface area contributed by atoms with Crippen LogP contribution in [0.25, 0.3) is 16.9 Å². The minimum Gasteiger partial charge on any atom is -0.451 e. The Morgan fingerprint density at radius 2 is 1.92 bits per heavy atom. The lowest BCUT2D eigenvalue weighted by Crippen LogP contribution is -2.15. The number of aryl methyl sites for hydroxylation is 1. The topological polar surface area (TPSA) is 103 Å². The number of anilines is 1. The van der Waals surface area contributed by atoms with Crippen LogP contribution in [0.1, 0.15) is 16.4 Å². The van der Waals surface area contributed by atoms with Gasteiger partial charge in [-0.15, -0.1) is 0 Å². The molecule has 3 aromatic heterocycles. The van der Waals surface area contributed by atoms with E-state index < -0.39 is 5.91 Å². The highest BCUT2D eigenvalue weighted by molar-refractivity contribution is 6.02. The van der Waals surface area contributed by atoms with Gasteiger partial charge in [-0.1, -0.05) is 12.1 Å². The van der Waals surface area contributed by atoms with E-state index in [9.17, 15) is 9.59 Å². The van der Waals surface area contributed by atoms with Crippen molar-refractivity contribution in [2.75, 3.05) is 5.32 Å². The van der Waals surface area contributed by atoms with E-state index in [2.05, 4.69) is 20.3 Å². The third kappa shape index (κ3) is 2.84. The molecule has 26 heavy (non-hydrogen) atoms. The van der Waals surface area contributed by atoms with Gasteiger partial charge in [0, 0.05) is 18.5 Å². The molecule has 4 aromatic rings. The molecule has 0 fully saturated rings. The Kier molecular flexibility index (Phi) is 3.77. The van der Waals surface area contributed by atoms with Gasteiger partial charge in [0.1, 0.15) is 11.4 Å². The van der Waals surface area contributed by atoms with Crippen LogP contribution >= 0.6 is 0 Å². The number of fused-ring (bicyclic) bond motifs is 1. The van der Waals surface area contributed by atoms with E-state index in [0.29, 0.717) is 22.6 Å². The largest absolute Gasteiger partial charge is 0.451 e. The number of imidazole rings is 1. The molecule has 0 spiro atoms. The number of nitrogens with one attached hydrogen (secondary N) is 1. The Morgan fingerprint density at radius 1 is 1.15 bits per heavy atom. The third-order valence-electron chi connectivity index (χ3n) is 3.80. The molecule has 3 heterocycles. The second-order valence-corrected chi connectivity index (χ2v) is 5.54. The molecule has 8 heteroatoms. The summed E-state index contributed by atoms with van der Waals surface area (Å²) in [7, 11) is 0. The maximum Gasteiger partial charge on any atom is 0.291 e. The van der Waals surface area contributed by atoms with Gasteiger partial charge < -0.3 is 9.73 Å². The van der Waals surface area contributed by atoms with E-state index >= 15 is 0 Å². The van der Waals surface area contributed by atoms with Crippen molar-refractivity contribution in [2.24, 2.45) is 0 Å². The molecule has 0 aliphatic heterocycles. The van der Waals surface area contributed by atoms with Gasteiger partial charge >= 0.3 is 0 Å². The van der Waals surface area contributed by atoms with E-state index in [-0.39, 0.29) is 11.2 Å². The molecule has 128 valence electrons. The number of para-hydroxylation sites is 1. The van der Waals surface area contributed by atoms with Gasteiger partial charge in [-0.05, 0) is 19.1 Å². The summed E-state index contributed by atoms with van der Waals surface area (Å²) in [5.74, 6) is 0.557. The third-order valence-corrected chi connectivity index (χ3v) is 3.80. The average molecular weight is 347 g/mol. The first-order valence-electron chi connectivity index (χ1n) is 7.78. The minimum absolute atomic E-state index is 0.0803. The summed E-state index contributed by atoms with van der Waals surface area (Å²) in [4.78, 5) is 37.0. The van der Waals surface area contributed by atoms with E-state index in [1.165, 1.54) is 18.5 Å². The standard InChI is InChI=1S/C18H13N5O3/c1-11-19-6-7-23(11)18-20-9-12(10-21-18)22-17(25)16-8-14(24)13-4-2-3-5-15(13)26-16/h2-10H,1H3,(H,22,25). The summed E-state index contributed by atoms with van der Waals surface area (Å²) in [6, 6.07) is 7.92. The van der Waals surface area contributed by atoms with Gasteiger partial charge in [0.15, 0.2) is 11.2 Å². The van der Waals surface area contributed by atoms with Crippen molar-refractivity contribution in [1.82, 2.24) is 19.5 Å². The molecule has 8 nitrogen and oxygen atoms in total. The number of carbonyl (C=O) groups is 1. The normalized spacial score (nSPS) is 10.8. The van der Waals surface area contributed by atoms with Crippen LogP contribution in [0, 0.1) is 6.92 Å². The molecule has 1 amide bonds. The molecule has 1 N–H and O–H groups in total. The van der Waals surface area contributed by atoms with Gasteiger partial charge in [-0.3, -0.25) is 14.2 Å². The first kappa shape index (κ1) is 15.7. The number of nitrogens with zero attached hydrogens (tertiary/aromatic N) is 4. The van der Waals surface area contributed by atoms with Crippen molar-refractivity contribution >= 4 is 22.6 Å². The maximum atomic E-state index is 12.4. The Balaban J connectivity index is 1.58. The smallest absolute Gasteiger partial charge is 0.291 e. The number of benzene rings is 1. The number of amides is 1. The average Bonchev–Trinajstić information content (AvgIpc) is 3.08.